The zero-order chi connectivity index (χ0) is 12.3. The van der Waals surface area contributed by atoms with Crippen molar-refractivity contribution in [3.05, 3.63) is 0 Å². The van der Waals surface area contributed by atoms with Gasteiger partial charge in [-0.05, 0) is 0 Å². The van der Waals surface area contributed by atoms with Crippen molar-refractivity contribution in [1.29, 1.82) is 0 Å². The summed E-state index contributed by atoms with van der Waals surface area (Å²) in [5.41, 5.74) is -1.20. The van der Waals surface area contributed by atoms with E-state index in [2.05, 4.69) is 0 Å². The van der Waals surface area contributed by atoms with E-state index in [1.807, 2.05) is 0 Å². The van der Waals surface area contributed by atoms with E-state index in [0.717, 1.165) is 0 Å². The summed E-state index contributed by atoms with van der Waals surface area (Å²) in [7, 11) is 0. The predicted molar refractivity (Wildman–Crippen MR) is 51.1 cm³/mol. The Morgan fingerprint density at radius 1 is 0.812 bits per heavy atom. The molecule has 6 heteroatoms. The zero-order valence-corrected chi connectivity index (χ0v) is 12.1. The molecule has 0 aromatic rings. The molecular formula is C10H18Cu2O4. The van der Waals surface area contributed by atoms with Gasteiger partial charge in [0.25, 0.3) is 0 Å². The fourth-order valence-electron chi connectivity index (χ4n) is 0.243. The molecule has 16 heavy (non-hydrogen) atoms. The Kier molecular flexibility index (Phi) is 7.63. The van der Waals surface area contributed by atoms with Crippen LogP contribution >= 0.6 is 0 Å². The second kappa shape index (κ2) is 6.65. The van der Waals surface area contributed by atoms with Crippen molar-refractivity contribution in [3.8, 4) is 0 Å². The molecule has 0 amide bonds. The first-order chi connectivity index (χ1) is 6.55. The summed E-state index contributed by atoms with van der Waals surface area (Å²) in [6.45, 7) is 10.3. The molecule has 1 radical (unpaired) electrons. The first-order valence-corrected chi connectivity index (χ1v) is 5.33. The van der Waals surface area contributed by atoms with Crippen LogP contribution in [0, 0.1) is 10.8 Å². The van der Waals surface area contributed by atoms with Gasteiger partial charge in [0.15, 0.2) is 0 Å². The van der Waals surface area contributed by atoms with Gasteiger partial charge < -0.3 is 0 Å². The third-order valence-corrected chi connectivity index (χ3v) is 1.89. The molecule has 4 nitrogen and oxygen atoms in total. The van der Waals surface area contributed by atoms with Gasteiger partial charge in [0.1, 0.15) is 0 Å². The van der Waals surface area contributed by atoms with E-state index in [0.29, 0.717) is 15.6 Å². The Hall–Kier alpha value is -0.0210. The van der Waals surface area contributed by atoms with Gasteiger partial charge in [0.2, 0.25) is 0 Å². The van der Waals surface area contributed by atoms with Crippen molar-refractivity contribution in [1.82, 2.24) is 0 Å². The largest absolute Gasteiger partial charge is 0 e. The van der Waals surface area contributed by atoms with Crippen LogP contribution in [0.1, 0.15) is 41.5 Å². The van der Waals surface area contributed by atoms with Crippen LogP contribution in [0.15, 0.2) is 0 Å². The van der Waals surface area contributed by atoms with Gasteiger partial charge in [0.05, 0.1) is 0 Å². The minimum absolute atomic E-state index is 0. The molecule has 0 saturated carbocycles. The second-order valence-corrected chi connectivity index (χ2v) is 5.79. The maximum Gasteiger partial charge on any atom is 0 e. The summed E-state index contributed by atoms with van der Waals surface area (Å²) < 4.78 is 9.39. The zero-order valence-electron chi connectivity index (χ0n) is 10.2. The van der Waals surface area contributed by atoms with Crippen LogP contribution in [-0.2, 0) is 49.9 Å². The molecule has 0 rings (SSSR count). The Morgan fingerprint density at radius 3 is 1.25 bits per heavy atom. The molecule has 0 saturated heterocycles. The van der Waals surface area contributed by atoms with Gasteiger partial charge in [-0.25, -0.2) is 0 Å². The molecule has 0 aliphatic carbocycles. The van der Waals surface area contributed by atoms with Gasteiger partial charge in [-0.2, -0.15) is 0 Å². The Labute approximate surface area is 114 Å². The summed E-state index contributed by atoms with van der Waals surface area (Å²) in [4.78, 5) is 22.5. The number of carbonyl (C=O) groups excluding carboxylic acids is 2. The average Bonchev–Trinajstić information content (AvgIpc) is 2.00. The average molecular weight is 329 g/mol. The minimum Gasteiger partial charge on any atom is 0 e. The molecule has 0 aliphatic heterocycles. The van der Waals surface area contributed by atoms with Crippen LogP contribution in [0.3, 0.4) is 0 Å². The number of rotatable bonds is 2. The van der Waals surface area contributed by atoms with Crippen molar-refractivity contribution < 1.29 is 49.9 Å². The monoisotopic (exact) mass is 328 g/mol. The Balaban J connectivity index is 0. The number of hydrogen-bond acceptors (Lipinski definition) is 4. The summed E-state index contributed by atoms with van der Waals surface area (Å²) in [5, 5.41) is 0. The van der Waals surface area contributed by atoms with Crippen LogP contribution in [-0.4, -0.2) is 11.9 Å². The van der Waals surface area contributed by atoms with Gasteiger partial charge in [-0.3, -0.25) is 0 Å². The molecule has 0 atom stereocenters. The molecule has 104 valence electrons. The SMILES string of the molecule is CC(C)(C)C(=O)[O][Cu][O]C(=O)C(C)(C)C.[Cu]. The molecular weight excluding hydrogens is 311 g/mol. The first kappa shape index (κ1) is 18.3. The molecule has 0 bridgehead atoms. The fourth-order valence-corrected chi connectivity index (χ4v) is 1.00. The van der Waals surface area contributed by atoms with Crippen molar-refractivity contribution in [2.45, 2.75) is 41.5 Å². The maximum atomic E-state index is 11.3. The summed E-state index contributed by atoms with van der Waals surface area (Å²) in [5.74, 6) is -0.853. The van der Waals surface area contributed by atoms with E-state index in [4.69, 9.17) is 7.64 Å². The summed E-state index contributed by atoms with van der Waals surface area (Å²) in [6, 6.07) is 0. The molecule has 0 aliphatic rings. The van der Waals surface area contributed by atoms with E-state index in [9.17, 15) is 9.59 Å². The van der Waals surface area contributed by atoms with Crippen molar-refractivity contribution in [2.24, 2.45) is 10.8 Å². The molecule has 0 unspecified atom stereocenters. The van der Waals surface area contributed by atoms with Gasteiger partial charge in [0, 0.05) is 17.1 Å². The van der Waals surface area contributed by atoms with Gasteiger partial charge in [-0.1, -0.05) is 0 Å². The van der Waals surface area contributed by atoms with E-state index < -0.39 is 22.8 Å². The van der Waals surface area contributed by atoms with Crippen LogP contribution < -0.4 is 0 Å². The van der Waals surface area contributed by atoms with E-state index in [1.165, 1.54) is 0 Å². The molecule has 0 aromatic heterocycles. The number of hydrogen-bond donors (Lipinski definition) is 0. The molecule has 0 spiro atoms. The van der Waals surface area contributed by atoms with Crippen LogP contribution in [0.4, 0.5) is 0 Å². The minimum atomic E-state index is -0.599. The molecule has 0 fully saturated rings. The van der Waals surface area contributed by atoms with Gasteiger partial charge in [-0.15, -0.1) is 0 Å². The van der Waals surface area contributed by atoms with E-state index in [1.54, 1.807) is 41.5 Å². The van der Waals surface area contributed by atoms with Crippen molar-refractivity contribution in [3.63, 3.8) is 0 Å². The summed E-state index contributed by atoms with van der Waals surface area (Å²) in [6.07, 6.45) is 0. The van der Waals surface area contributed by atoms with Crippen LogP contribution in [0.2, 0.25) is 0 Å². The standard InChI is InChI=1S/2C5H10O2.2Cu/c2*1-5(2,3)4(6)7;;/h2*1-3H3,(H,6,7);;/q;;;+2/p-2. The Morgan fingerprint density at radius 2 is 1.06 bits per heavy atom. The third-order valence-electron chi connectivity index (χ3n) is 1.39. The second-order valence-electron chi connectivity index (χ2n) is 5.25. The maximum absolute atomic E-state index is 11.3. The third kappa shape index (κ3) is 7.28. The fraction of sp³-hybridized carbons (Fsp3) is 0.800. The van der Waals surface area contributed by atoms with E-state index in [-0.39, 0.29) is 17.1 Å². The van der Waals surface area contributed by atoms with Crippen LogP contribution in [0.5, 0.6) is 0 Å². The quantitative estimate of drug-likeness (QED) is 0.728. The summed E-state index contributed by atoms with van der Waals surface area (Å²) >= 11 is 0.516. The van der Waals surface area contributed by atoms with Crippen molar-refractivity contribution in [2.75, 3.05) is 0 Å². The first-order valence-electron chi connectivity index (χ1n) is 4.56. The molecule has 0 heterocycles. The number of carbonyl (C=O) groups is 2. The van der Waals surface area contributed by atoms with Crippen LogP contribution in [0.25, 0.3) is 0 Å². The van der Waals surface area contributed by atoms with Crippen molar-refractivity contribution >= 4 is 11.9 Å². The smallest absolute Gasteiger partial charge is 0 e. The van der Waals surface area contributed by atoms with E-state index >= 15 is 0 Å². The Bertz CT molecular complexity index is 225. The van der Waals surface area contributed by atoms with Gasteiger partial charge >= 0.3 is 97.2 Å². The molecule has 0 N–H and O–H groups in total. The normalized spacial score (nSPS) is 11.6. The molecule has 0 aromatic carbocycles. The topological polar surface area (TPSA) is 52.6 Å². The predicted octanol–water partition coefficient (Wildman–Crippen LogP) is 2.08.